The highest BCUT2D eigenvalue weighted by Crippen LogP contribution is 2.34. The molecule has 1 aromatic rings. The van der Waals surface area contributed by atoms with Gasteiger partial charge in [-0.15, -0.1) is 0 Å². The number of alkyl halides is 2. The fourth-order valence-corrected chi connectivity index (χ4v) is 1.14. The predicted octanol–water partition coefficient (Wildman–Crippen LogP) is 2.17. The van der Waals surface area contributed by atoms with Gasteiger partial charge in [0.15, 0.2) is 0 Å². The van der Waals surface area contributed by atoms with Crippen molar-refractivity contribution in [2.24, 2.45) is 0 Å². The molecule has 0 aliphatic rings. The number of hydrogen-bond donors (Lipinski definition) is 1. The number of ether oxygens (including phenoxy) is 1. The third kappa shape index (κ3) is 2.20. The number of aliphatic hydroxyl groups is 1. The highest BCUT2D eigenvalue weighted by atomic mass is 19.3. The van der Waals surface area contributed by atoms with Crippen molar-refractivity contribution in [2.45, 2.75) is 12.8 Å². The number of para-hydroxylation sites is 1. The number of rotatable bonds is 4. The maximum absolute atomic E-state index is 13.1. The summed E-state index contributed by atoms with van der Waals surface area (Å²) in [6.07, 6.45) is 0. The van der Waals surface area contributed by atoms with Gasteiger partial charge in [-0.1, -0.05) is 12.1 Å². The van der Waals surface area contributed by atoms with Crippen LogP contribution in [0, 0.1) is 0 Å². The van der Waals surface area contributed by atoms with E-state index >= 15 is 0 Å². The molecule has 0 aliphatic carbocycles. The Morgan fingerprint density at radius 2 is 2.00 bits per heavy atom. The first-order chi connectivity index (χ1) is 6.61. The van der Waals surface area contributed by atoms with Gasteiger partial charge in [0, 0.05) is 0 Å². The molecule has 14 heavy (non-hydrogen) atoms. The zero-order valence-electron chi connectivity index (χ0n) is 7.84. The molecule has 0 aromatic heterocycles. The zero-order chi connectivity index (χ0) is 10.6. The van der Waals surface area contributed by atoms with Gasteiger partial charge in [0.05, 0.1) is 12.2 Å². The highest BCUT2D eigenvalue weighted by molar-refractivity contribution is 5.36. The Morgan fingerprint density at radius 1 is 1.36 bits per heavy atom. The van der Waals surface area contributed by atoms with E-state index in [9.17, 15) is 8.78 Å². The first kappa shape index (κ1) is 10.9. The van der Waals surface area contributed by atoms with E-state index in [0.717, 1.165) is 0 Å². The first-order valence-electron chi connectivity index (χ1n) is 4.33. The summed E-state index contributed by atoms with van der Waals surface area (Å²) < 4.78 is 31.3. The summed E-state index contributed by atoms with van der Waals surface area (Å²) in [5.74, 6) is -3.12. The predicted molar refractivity (Wildman–Crippen MR) is 48.6 cm³/mol. The summed E-state index contributed by atoms with van der Waals surface area (Å²) in [4.78, 5) is 0. The Bertz CT molecular complexity index is 300. The average Bonchev–Trinajstić information content (AvgIpc) is 2.19. The monoisotopic (exact) mass is 202 g/mol. The summed E-state index contributed by atoms with van der Waals surface area (Å²) >= 11 is 0. The molecule has 0 saturated heterocycles. The minimum Gasteiger partial charge on any atom is -0.493 e. The van der Waals surface area contributed by atoms with Crippen molar-refractivity contribution >= 4 is 0 Å². The van der Waals surface area contributed by atoms with Crippen LogP contribution in [0.25, 0.3) is 0 Å². The SMILES string of the molecule is CCOc1ccccc1C(F)(F)CO. The van der Waals surface area contributed by atoms with E-state index in [-0.39, 0.29) is 11.3 Å². The molecule has 0 radical (unpaired) electrons. The van der Waals surface area contributed by atoms with Crippen LogP contribution < -0.4 is 4.74 Å². The molecule has 1 aromatic carbocycles. The van der Waals surface area contributed by atoms with E-state index in [1.54, 1.807) is 13.0 Å². The quantitative estimate of drug-likeness (QED) is 0.810. The van der Waals surface area contributed by atoms with Gasteiger partial charge in [0.25, 0.3) is 5.92 Å². The first-order valence-corrected chi connectivity index (χ1v) is 4.33. The Balaban J connectivity index is 3.06. The van der Waals surface area contributed by atoms with Crippen molar-refractivity contribution in [3.8, 4) is 5.75 Å². The lowest BCUT2D eigenvalue weighted by molar-refractivity contribution is -0.0573. The standard InChI is InChI=1S/C10H12F2O2/c1-2-14-9-6-4-3-5-8(9)10(11,12)7-13/h3-6,13H,2,7H2,1H3. The average molecular weight is 202 g/mol. The number of benzene rings is 1. The summed E-state index contributed by atoms with van der Waals surface area (Å²) in [6, 6.07) is 5.81. The van der Waals surface area contributed by atoms with E-state index in [0.29, 0.717) is 6.61 Å². The van der Waals surface area contributed by atoms with Crippen LogP contribution in [0.4, 0.5) is 8.78 Å². The molecule has 0 aliphatic heterocycles. The van der Waals surface area contributed by atoms with E-state index in [2.05, 4.69) is 0 Å². The smallest absolute Gasteiger partial charge is 0.299 e. The van der Waals surface area contributed by atoms with Crippen LogP contribution in [0.2, 0.25) is 0 Å². The van der Waals surface area contributed by atoms with Gasteiger partial charge in [-0.25, -0.2) is 0 Å². The fourth-order valence-electron chi connectivity index (χ4n) is 1.14. The van der Waals surface area contributed by atoms with Crippen LogP contribution in [0.1, 0.15) is 12.5 Å². The molecule has 0 atom stereocenters. The van der Waals surface area contributed by atoms with Crippen LogP contribution in [0.3, 0.4) is 0 Å². The van der Waals surface area contributed by atoms with E-state index < -0.39 is 12.5 Å². The molecule has 0 amide bonds. The Kier molecular flexibility index (Phi) is 3.41. The summed E-state index contributed by atoms with van der Waals surface area (Å²) in [5, 5.41) is 8.53. The summed E-state index contributed by atoms with van der Waals surface area (Å²) in [6.45, 7) is 0.823. The van der Waals surface area contributed by atoms with Crippen LogP contribution in [-0.4, -0.2) is 18.3 Å². The largest absolute Gasteiger partial charge is 0.493 e. The molecule has 0 spiro atoms. The minimum atomic E-state index is -3.24. The van der Waals surface area contributed by atoms with E-state index in [1.165, 1.54) is 18.2 Å². The maximum atomic E-state index is 13.1. The van der Waals surface area contributed by atoms with Crippen LogP contribution in [0.5, 0.6) is 5.75 Å². The van der Waals surface area contributed by atoms with E-state index in [4.69, 9.17) is 9.84 Å². The Morgan fingerprint density at radius 3 is 2.57 bits per heavy atom. The lowest BCUT2D eigenvalue weighted by Gasteiger charge is -2.17. The van der Waals surface area contributed by atoms with Gasteiger partial charge in [-0.3, -0.25) is 0 Å². The molecule has 4 heteroatoms. The van der Waals surface area contributed by atoms with Crippen LogP contribution in [-0.2, 0) is 5.92 Å². The van der Waals surface area contributed by atoms with Crippen molar-refractivity contribution in [1.82, 2.24) is 0 Å². The third-order valence-corrected chi connectivity index (χ3v) is 1.78. The normalized spacial score (nSPS) is 11.4. The molecular formula is C10H12F2O2. The van der Waals surface area contributed by atoms with Gasteiger partial charge in [0.1, 0.15) is 12.4 Å². The minimum absolute atomic E-state index is 0.119. The molecular weight excluding hydrogens is 190 g/mol. The van der Waals surface area contributed by atoms with Crippen molar-refractivity contribution in [1.29, 1.82) is 0 Å². The summed E-state index contributed by atoms with van der Waals surface area (Å²) in [7, 11) is 0. The lowest BCUT2D eigenvalue weighted by Crippen LogP contribution is -2.19. The molecule has 78 valence electrons. The molecule has 2 nitrogen and oxygen atoms in total. The molecule has 0 unspecified atom stereocenters. The lowest BCUT2D eigenvalue weighted by atomic mass is 10.1. The maximum Gasteiger partial charge on any atom is 0.299 e. The molecule has 1 rings (SSSR count). The Labute approximate surface area is 81.1 Å². The third-order valence-electron chi connectivity index (χ3n) is 1.78. The summed E-state index contributed by atoms with van der Waals surface area (Å²) in [5.41, 5.74) is -0.274. The number of halogens is 2. The van der Waals surface area contributed by atoms with Crippen molar-refractivity contribution in [3.05, 3.63) is 29.8 Å². The van der Waals surface area contributed by atoms with Gasteiger partial charge in [-0.2, -0.15) is 8.78 Å². The van der Waals surface area contributed by atoms with Gasteiger partial charge in [0.2, 0.25) is 0 Å². The van der Waals surface area contributed by atoms with Crippen LogP contribution >= 0.6 is 0 Å². The molecule has 0 bridgehead atoms. The molecule has 0 saturated carbocycles. The fraction of sp³-hybridized carbons (Fsp3) is 0.400. The number of aliphatic hydroxyl groups excluding tert-OH is 1. The molecule has 0 heterocycles. The van der Waals surface area contributed by atoms with Crippen molar-refractivity contribution in [2.75, 3.05) is 13.2 Å². The molecule has 1 N–H and O–H groups in total. The van der Waals surface area contributed by atoms with Crippen molar-refractivity contribution < 1.29 is 18.6 Å². The second-order valence-electron chi connectivity index (χ2n) is 2.79. The highest BCUT2D eigenvalue weighted by Gasteiger charge is 2.33. The Hall–Kier alpha value is -1.16. The van der Waals surface area contributed by atoms with Crippen molar-refractivity contribution in [3.63, 3.8) is 0 Å². The van der Waals surface area contributed by atoms with Gasteiger partial charge >= 0.3 is 0 Å². The van der Waals surface area contributed by atoms with E-state index in [1.807, 2.05) is 0 Å². The number of hydrogen-bond acceptors (Lipinski definition) is 2. The topological polar surface area (TPSA) is 29.5 Å². The molecule has 0 fully saturated rings. The second kappa shape index (κ2) is 4.37. The zero-order valence-corrected chi connectivity index (χ0v) is 7.84. The second-order valence-corrected chi connectivity index (χ2v) is 2.79. The van der Waals surface area contributed by atoms with Gasteiger partial charge in [-0.05, 0) is 19.1 Å². The van der Waals surface area contributed by atoms with Gasteiger partial charge < -0.3 is 9.84 Å². The van der Waals surface area contributed by atoms with Crippen LogP contribution in [0.15, 0.2) is 24.3 Å².